The van der Waals surface area contributed by atoms with Gasteiger partial charge in [0, 0.05) is 28.7 Å². The quantitative estimate of drug-likeness (QED) is 0.248. The predicted molar refractivity (Wildman–Crippen MR) is 140 cm³/mol. The molecule has 1 aliphatic heterocycles. The summed E-state index contributed by atoms with van der Waals surface area (Å²) in [4.78, 5) is 16.1. The van der Waals surface area contributed by atoms with Gasteiger partial charge in [-0.3, -0.25) is 9.69 Å². The molecule has 0 amide bonds. The number of thiophene rings is 1. The molecule has 1 aromatic heterocycles. The van der Waals surface area contributed by atoms with Crippen LogP contribution in [0.3, 0.4) is 0 Å². The van der Waals surface area contributed by atoms with Gasteiger partial charge in [0.25, 0.3) is 0 Å². The number of phenols is 1. The topological polar surface area (TPSA) is 59.0 Å². The van der Waals surface area contributed by atoms with Crippen LogP contribution in [-0.2, 0) is 0 Å². The molecule has 186 valence electrons. The Bertz CT molecular complexity index is 1350. The van der Waals surface area contributed by atoms with Crippen LogP contribution in [0.2, 0.25) is 0 Å². The number of likely N-dealkylation sites (tertiary alicyclic amines) is 1. The van der Waals surface area contributed by atoms with Crippen molar-refractivity contribution in [2.24, 2.45) is 0 Å². The van der Waals surface area contributed by atoms with Crippen molar-refractivity contribution in [2.45, 2.75) is 32.3 Å². The van der Waals surface area contributed by atoms with Gasteiger partial charge in [-0.2, -0.15) is 0 Å². The molecule has 1 fully saturated rings. The summed E-state index contributed by atoms with van der Waals surface area (Å²) in [5.41, 5.74) is 0.366. The largest absolute Gasteiger partial charge is 0.508 e. The second-order valence-electron chi connectivity index (χ2n) is 9.03. The molecule has 0 aliphatic carbocycles. The van der Waals surface area contributed by atoms with Crippen molar-refractivity contribution in [1.29, 1.82) is 0 Å². The van der Waals surface area contributed by atoms with Crippen LogP contribution in [0.25, 0.3) is 10.1 Å². The number of hydrogen-bond acceptors (Lipinski definition) is 6. The highest BCUT2D eigenvalue weighted by atomic mass is 32.1. The normalized spacial score (nSPS) is 15.9. The van der Waals surface area contributed by atoms with Gasteiger partial charge in [0.1, 0.15) is 34.0 Å². The van der Waals surface area contributed by atoms with E-state index in [1.807, 2.05) is 24.3 Å². The standard InChI is InChI=1S/C29H28FNO4S/c1-2-3-15-31-16-14-24(18-31)34-22-9-11-23(12-10-22)35-28-25-13-8-21(32)17-26(25)36-29(28)27(33)19-4-6-20(30)7-5-19/h4-13,17,24,32H,2-3,14-16,18H2,1H3/t24-/m0/s1. The van der Waals surface area contributed by atoms with Crippen LogP contribution >= 0.6 is 11.3 Å². The van der Waals surface area contributed by atoms with Gasteiger partial charge in [-0.15, -0.1) is 11.3 Å². The van der Waals surface area contributed by atoms with Gasteiger partial charge in [-0.05, 0) is 86.1 Å². The molecular formula is C29H28FNO4S. The maximum absolute atomic E-state index is 13.4. The lowest BCUT2D eigenvalue weighted by Gasteiger charge is -2.16. The van der Waals surface area contributed by atoms with E-state index >= 15 is 0 Å². The molecule has 4 aromatic rings. The van der Waals surface area contributed by atoms with Gasteiger partial charge in [0.15, 0.2) is 5.75 Å². The molecule has 0 spiro atoms. The number of benzene rings is 3. The molecular weight excluding hydrogens is 477 g/mol. The van der Waals surface area contributed by atoms with Crippen LogP contribution in [0.1, 0.15) is 41.4 Å². The van der Waals surface area contributed by atoms with E-state index < -0.39 is 5.82 Å². The highest BCUT2D eigenvalue weighted by molar-refractivity contribution is 7.21. The monoisotopic (exact) mass is 505 g/mol. The molecule has 1 aliphatic rings. The first-order chi connectivity index (χ1) is 17.5. The smallest absolute Gasteiger partial charge is 0.206 e. The highest BCUT2D eigenvalue weighted by Gasteiger charge is 2.24. The zero-order chi connectivity index (χ0) is 25.1. The van der Waals surface area contributed by atoms with E-state index in [1.165, 1.54) is 48.4 Å². The third kappa shape index (κ3) is 5.37. The number of halogens is 1. The number of fused-ring (bicyclic) bond motifs is 1. The molecule has 0 radical (unpaired) electrons. The van der Waals surface area contributed by atoms with Crippen molar-refractivity contribution < 1.29 is 23.8 Å². The minimum Gasteiger partial charge on any atom is -0.508 e. The molecule has 5 nitrogen and oxygen atoms in total. The molecule has 0 bridgehead atoms. The van der Waals surface area contributed by atoms with Gasteiger partial charge in [0.05, 0.1) is 0 Å². The highest BCUT2D eigenvalue weighted by Crippen LogP contribution is 2.43. The number of rotatable bonds is 9. The summed E-state index contributed by atoms with van der Waals surface area (Å²) in [7, 11) is 0. The number of unbranched alkanes of at least 4 members (excludes halogenated alkanes) is 1. The van der Waals surface area contributed by atoms with Crippen molar-refractivity contribution in [2.75, 3.05) is 19.6 Å². The second-order valence-corrected chi connectivity index (χ2v) is 10.1. The third-order valence-corrected chi connectivity index (χ3v) is 7.48. The van der Waals surface area contributed by atoms with Crippen molar-refractivity contribution in [1.82, 2.24) is 4.90 Å². The SMILES string of the molecule is CCCCN1CC[C@H](Oc2ccc(Oc3c(C(=O)c4ccc(F)cc4)sc4cc(O)ccc34)cc2)C1. The van der Waals surface area contributed by atoms with Gasteiger partial charge in [-0.25, -0.2) is 4.39 Å². The van der Waals surface area contributed by atoms with E-state index in [0.29, 0.717) is 21.9 Å². The predicted octanol–water partition coefficient (Wildman–Crippen LogP) is 7.02. The number of aromatic hydroxyl groups is 1. The molecule has 0 unspecified atom stereocenters. The summed E-state index contributed by atoms with van der Waals surface area (Å²) in [5, 5.41) is 10.7. The number of ketones is 1. The fourth-order valence-electron chi connectivity index (χ4n) is 4.42. The van der Waals surface area contributed by atoms with Gasteiger partial charge >= 0.3 is 0 Å². The first kappa shape index (κ1) is 24.3. The minimum atomic E-state index is -0.405. The lowest BCUT2D eigenvalue weighted by atomic mass is 10.1. The average molecular weight is 506 g/mol. The zero-order valence-electron chi connectivity index (χ0n) is 20.1. The van der Waals surface area contributed by atoms with Crippen LogP contribution in [0.4, 0.5) is 4.39 Å². The number of carbonyl (C=O) groups excluding carboxylic acids is 1. The van der Waals surface area contributed by atoms with E-state index in [0.717, 1.165) is 41.9 Å². The molecule has 1 saturated heterocycles. The van der Waals surface area contributed by atoms with Gasteiger partial charge < -0.3 is 14.6 Å². The summed E-state index contributed by atoms with van der Waals surface area (Å²) < 4.78 is 26.5. The van der Waals surface area contributed by atoms with E-state index in [1.54, 1.807) is 18.2 Å². The lowest BCUT2D eigenvalue weighted by molar-refractivity contribution is 0.104. The van der Waals surface area contributed by atoms with Crippen molar-refractivity contribution in [3.8, 4) is 23.0 Å². The van der Waals surface area contributed by atoms with Crippen molar-refractivity contribution in [3.05, 3.63) is 83.0 Å². The van der Waals surface area contributed by atoms with Crippen molar-refractivity contribution >= 4 is 27.2 Å². The summed E-state index contributed by atoms with van der Waals surface area (Å²) in [6.45, 7) is 5.34. The minimum absolute atomic E-state index is 0.109. The molecule has 5 rings (SSSR count). The first-order valence-corrected chi connectivity index (χ1v) is 13.0. The Labute approximate surface area is 213 Å². The Morgan fingerprint density at radius 3 is 2.58 bits per heavy atom. The van der Waals surface area contributed by atoms with Crippen molar-refractivity contribution in [3.63, 3.8) is 0 Å². The molecule has 1 N–H and O–H groups in total. The molecule has 7 heteroatoms. The summed E-state index contributed by atoms with van der Waals surface area (Å²) in [5.74, 6) is 1.21. The third-order valence-electron chi connectivity index (χ3n) is 6.34. The van der Waals surface area contributed by atoms with Crippen LogP contribution in [0.15, 0.2) is 66.7 Å². The van der Waals surface area contributed by atoms with E-state index in [4.69, 9.17) is 9.47 Å². The van der Waals surface area contributed by atoms with Crippen LogP contribution in [0, 0.1) is 5.82 Å². The lowest BCUT2D eigenvalue weighted by Crippen LogP contribution is -2.25. The molecule has 2 heterocycles. The molecule has 1 atom stereocenters. The fourth-order valence-corrected chi connectivity index (χ4v) is 5.54. The number of phenolic OH excluding ortho intramolecular Hbond substituents is 1. The summed E-state index contributed by atoms with van der Waals surface area (Å²) in [6, 6.07) is 17.8. The Morgan fingerprint density at radius 2 is 1.83 bits per heavy atom. The molecule has 36 heavy (non-hydrogen) atoms. The van der Waals surface area contributed by atoms with E-state index in [2.05, 4.69) is 11.8 Å². The fraction of sp³-hybridized carbons (Fsp3) is 0.276. The number of ether oxygens (including phenoxy) is 2. The summed E-state index contributed by atoms with van der Waals surface area (Å²) in [6.07, 6.45) is 3.61. The zero-order valence-corrected chi connectivity index (χ0v) is 20.9. The molecule has 3 aromatic carbocycles. The van der Waals surface area contributed by atoms with E-state index in [9.17, 15) is 14.3 Å². The summed E-state index contributed by atoms with van der Waals surface area (Å²) >= 11 is 1.24. The Balaban J connectivity index is 1.35. The number of carbonyl (C=O) groups is 1. The van der Waals surface area contributed by atoms with Gasteiger partial charge in [-0.1, -0.05) is 13.3 Å². The number of nitrogens with zero attached hydrogens (tertiary/aromatic N) is 1. The Hall–Kier alpha value is -3.42. The maximum atomic E-state index is 13.4. The first-order valence-electron chi connectivity index (χ1n) is 12.2. The Kier molecular flexibility index (Phi) is 7.20. The van der Waals surface area contributed by atoms with E-state index in [-0.39, 0.29) is 17.6 Å². The van der Waals surface area contributed by atoms with Gasteiger partial charge in [0.2, 0.25) is 5.78 Å². The van der Waals surface area contributed by atoms with Crippen LogP contribution in [0.5, 0.6) is 23.0 Å². The van der Waals surface area contributed by atoms with Crippen LogP contribution < -0.4 is 9.47 Å². The second kappa shape index (κ2) is 10.7. The number of hydrogen-bond donors (Lipinski definition) is 1. The van der Waals surface area contributed by atoms with Crippen LogP contribution in [-0.4, -0.2) is 41.5 Å². The average Bonchev–Trinajstić information content (AvgIpc) is 3.48. The Morgan fingerprint density at radius 1 is 1.08 bits per heavy atom. The maximum Gasteiger partial charge on any atom is 0.206 e. The molecule has 0 saturated carbocycles.